The average molecular weight is 801 g/mol. The van der Waals surface area contributed by atoms with Gasteiger partial charge in [0.25, 0.3) is 5.91 Å². The Bertz CT molecular complexity index is 2220. The van der Waals surface area contributed by atoms with Crippen molar-refractivity contribution in [1.29, 1.82) is 0 Å². The maximum atomic E-state index is 14.1. The number of rotatable bonds is 17. The number of aliphatic hydroxyl groups excluding tert-OH is 2. The van der Waals surface area contributed by atoms with E-state index < -0.39 is 24.0 Å². The summed E-state index contributed by atoms with van der Waals surface area (Å²) < 4.78 is 39.8. The zero-order valence-corrected chi connectivity index (χ0v) is 32.8. The SMILES string of the molecule is COc1ccc(CC2c3cc(OC)c(OC)cc3CCN2C(=O)COc2cc(OCC(=O)O)c3c(=O)cc(-c4ccccc4)oc3c2)cc1OC.OCCNCCO. The molecule has 0 saturated heterocycles. The van der Waals surface area contributed by atoms with Crippen molar-refractivity contribution in [3.8, 4) is 45.8 Å². The topological polar surface area (TPSA) is 196 Å². The number of carbonyl (C=O) groups excluding carboxylic acids is 1. The van der Waals surface area contributed by atoms with Crippen molar-refractivity contribution >= 4 is 22.8 Å². The summed E-state index contributed by atoms with van der Waals surface area (Å²) in [5, 5.41) is 28.4. The molecule has 0 aliphatic carbocycles. The van der Waals surface area contributed by atoms with Gasteiger partial charge in [-0.1, -0.05) is 36.4 Å². The van der Waals surface area contributed by atoms with Gasteiger partial charge in [-0.3, -0.25) is 9.59 Å². The number of hydrogen-bond donors (Lipinski definition) is 4. The number of carboxylic acid groups (broad SMARTS) is 1. The van der Waals surface area contributed by atoms with E-state index in [1.54, 1.807) is 45.5 Å². The molecule has 58 heavy (non-hydrogen) atoms. The molecule has 1 amide bonds. The van der Waals surface area contributed by atoms with Crippen LogP contribution in [0.3, 0.4) is 0 Å². The highest BCUT2D eigenvalue weighted by atomic mass is 16.5. The maximum Gasteiger partial charge on any atom is 0.341 e. The Balaban J connectivity index is 0.000000839. The summed E-state index contributed by atoms with van der Waals surface area (Å²) in [6.45, 7) is 0.762. The second-order valence-electron chi connectivity index (χ2n) is 13.0. The highest BCUT2D eigenvalue weighted by Crippen LogP contribution is 2.41. The van der Waals surface area contributed by atoms with Crippen LogP contribution in [-0.2, 0) is 22.4 Å². The molecule has 1 aliphatic heterocycles. The van der Waals surface area contributed by atoms with Crippen molar-refractivity contribution in [3.05, 3.63) is 106 Å². The first-order chi connectivity index (χ1) is 28.1. The first kappa shape index (κ1) is 42.8. The first-order valence-corrected chi connectivity index (χ1v) is 18.5. The number of fused-ring (bicyclic) bond motifs is 2. The Morgan fingerprint density at radius 1 is 0.776 bits per heavy atom. The first-order valence-electron chi connectivity index (χ1n) is 18.5. The van der Waals surface area contributed by atoms with E-state index in [1.165, 1.54) is 18.2 Å². The number of nitrogens with one attached hydrogen (secondary N) is 1. The third-order valence-electron chi connectivity index (χ3n) is 9.32. The molecule has 1 aliphatic rings. The average Bonchev–Trinajstić information content (AvgIpc) is 3.24. The van der Waals surface area contributed by atoms with Crippen molar-refractivity contribution in [1.82, 2.24) is 10.2 Å². The molecule has 15 nitrogen and oxygen atoms in total. The van der Waals surface area contributed by atoms with Crippen molar-refractivity contribution < 1.29 is 57.7 Å². The minimum absolute atomic E-state index is 0.0371. The van der Waals surface area contributed by atoms with E-state index in [4.69, 9.17) is 43.1 Å². The Labute approximate surface area is 335 Å². The molecule has 4 N–H and O–H groups in total. The van der Waals surface area contributed by atoms with Crippen LogP contribution in [-0.4, -0.2) is 107 Å². The molecular formula is C43H48N2O13. The van der Waals surface area contributed by atoms with Gasteiger partial charge >= 0.3 is 5.97 Å². The van der Waals surface area contributed by atoms with E-state index in [1.807, 2.05) is 48.5 Å². The molecule has 1 aromatic heterocycles. The number of methoxy groups -OCH3 is 4. The monoisotopic (exact) mass is 800 g/mol. The zero-order chi connectivity index (χ0) is 41.6. The maximum absolute atomic E-state index is 14.1. The molecule has 1 unspecified atom stereocenters. The molecule has 0 radical (unpaired) electrons. The molecule has 0 bridgehead atoms. The molecular weight excluding hydrogens is 752 g/mol. The second-order valence-corrected chi connectivity index (χ2v) is 13.0. The fourth-order valence-electron chi connectivity index (χ4n) is 6.60. The number of carbonyl (C=O) groups is 2. The van der Waals surface area contributed by atoms with E-state index in [0.29, 0.717) is 66.8 Å². The lowest BCUT2D eigenvalue weighted by Crippen LogP contribution is -2.43. The fraction of sp³-hybridized carbons (Fsp3) is 0.326. The molecule has 0 saturated carbocycles. The number of carboxylic acids is 1. The Morgan fingerprint density at radius 2 is 1.45 bits per heavy atom. The second kappa shape index (κ2) is 20.8. The highest BCUT2D eigenvalue weighted by Gasteiger charge is 2.33. The van der Waals surface area contributed by atoms with Crippen molar-refractivity contribution in [2.75, 3.05) is 74.5 Å². The van der Waals surface area contributed by atoms with Crippen LogP contribution in [0.5, 0.6) is 34.5 Å². The number of aliphatic carboxylic acids is 1. The molecule has 5 aromatic rings. The van der Waals surface area contributed by atoms with Gasteiger partial charge in [0.05, 0.1) is 47.7 Å². The minimum Gasteiger partial charge on any atom is -0.493 e. The predicted molar refractivity (Wildman–Crippen MR) is 215 cm³/mol. The van der Waals surface area contributed by atoms with Crippen LogP contribution in [0.25, 0.3) is 22.3 Å². The molecule has 2 heterocycles. The normalized spacial score (nSPS) is 13.1. The van der Waals surface area contributed by atoms with E-state index in [2.05, 4.69) is 5.32 Å². The number of hydrogen-bond acceptors (Lipinski definition) is 13. The number of nitrogens with zero attached hydrogens (tertiary/aromatic N) is 1. The van der Waals surface area contributed by atoms with Gasteiger partial charge in [0, 0.05) is 43.4 Å². The summed E-state index contributed by atoms with van der Waals surface area (Å²) >= 11 is 0. The van der Waals surface area contributed by atoms with Gasteiger partial charge in [0.15, 0.2) is 41.6 Å². The largest absolute Gasteiger partial charge is 0.493 e. The van der Waals surface area contributed by atoms with Crippen LogP contribution in [0.1, 0.15) is 22.7 Å². The lowest BCUT2D eigenvalue weighted by molar-refractivity contribution is -0.139. The molecule has 1 atom stereocenters. The van der Waals surface area contributed by atoms with Crippen LogP contribution in [0, 0.1) is 0 Å². The summed E-state index contributed by atoms with van der Waals surface area (Å²) in [5.41, 5.74) is 3.22. The molecule has 15 heteroatoms. The minimum atomic E-state index is -1.23. The van der Waals surface area contributed by atoms with Gasteiger partial charge in [-0.15, -0.1) is 0 Å². The van der Waals surface area contributed by atoms with Gasteiger partial charge in [-0.05, 0) is 53.8 Å². The molecule has 308 valence electrons. The molecule has 6 rings (SSSR count). The summed E-state index contributed by atoms with van der Waals surface area (Å²) in [6, 6.07) is 22.4. The summed E-state index contributed by atoms with van der Waals surface area (Å²) in [6.07, 6.45) is 1.02. The van der Waals surface area contributed by atoms with Gasteiger partial charge < -0.3 is 58.4 Å². The Hall–Kier alpha value is -6.29. The lowest BCUT2D eigenvalue weighted by atomic mass is 9.88. The van der Waals surface area contributed by atoms with Crippen LogP contribution >= 0.6 is 0 Å². The number of amides is 1. The summed E-state index contributed by atoms with van der Waals surface area (Å²) in [5.74, 6) is 1.20. The number of aliphatic hydroxyl groups is 2. The standard InChI is InChI=1S/C39H37NO11.C4H11NO2/c1-45-30-11-10-23(15-32(30)46-2)14-28-27-19-34(48-4)33(47-3)16-25(27)12-13-40(28)37(42)21-49-26-17-35(50-22-38(43)44)39-29(41)20-31(51-36(39)18-26)24-8-6-5-7-9-24;6-3-1-5-2-4-7/h5-11,15-20,28H,12-14,21-22H2,1-4H3,(H,43,44);5-7H,1-4H2. The quantitative estimate of drug-likeness (QED) is 0.0974. The van der Waals surface area contributed by atoms with E-state index in [0.717, 1.165) is 16.7 Å². The molecule has 4 aromatic carbocycles. The smallest absolute Gasteiger partial charge is 0.341 e. The van der Waals surface area contributed by atoms with E-state index >= 15 is 0 Å². The van der Waals surface area contributed by atoms with Crippen molar-refractivity contribution in [2.45, 2.75) is 18.9 Å². The van der Waals surface area contributed by atoms with Gasteiger partial charge in [-0.2, -0.15) is 0 Å². The van der Waals surface area contributed by atoms with Crippen molar-refractivity contribution in [3.63, 3.8) is 0 Å². The third-order valence-corrected chi connectivity index (χ3v) is 9.32. The van der Waals surface area contributed by atoms with Crippen LogP contribution in [0.2, 0.25) is 0 Å². The fourth-order valence-corrected chi connectivity index (χ4v) is 6.60. The predicted octanol–water partition coefficient (Wildman–Crippen LogP) is 4.27. The molecule has 0 fully saturated rings. The van der Waals surface area contributed by atoms with E-state index in [9.17, 15) is 19.5 Å². The van der Waals surface area contributed by atoms with Crippen LogP contribution in [0.4, 0.5) is 0 Å². The summed E-state index contributed by atoms with van der Waals surface area (Å²) in [4.78, 5) is 40.4. The number of benzene rings is 4. The number of ether oxygens (including phenoxy) is 6. The summed E-state index contributed by atoms with van der Waals surface area (Å²) in [7, 11) is 6.29. The van der Waals surface area contributed by atoms with Crippen molar-refractivity contribution in [2.24, 2.45) is 0 Å². The lowest BCUT2D eigenvalue weighted by Gasteiger charge is -2.38. The zero-order valence-electron chi connectivity index (χ0n) is 32.8. The van der Waals surface area contributed by atoms with Gasteiger partial charge in [-0.25, -0.2) is 4.79 Å². The van der Waals surface area contributed by atoms with Crippen LogP contribution < -0.4 is 39.2 Å². The van der Waals surface area contributed by atoms with Gasteiger partial charge in [0.2, 0.25) is 0 Å². The van der Waals surface area contributed by atoms with E-state index in [-0.39, 0.29) is 48.2 Å². The Morgan fingerprint density at radius 3 is 2.10 bits per heavy atom. The highest BCUT2D eigenvalue weighted by molar-refractivity contribution is 5.87. The Kier molecular flexibility index (Phi) is 15.3. The van der Waals surface area contributed by atoms with Crippen LogP contribution in [0.15, 0.2) is 88.1 Å². The molecule has 0 spiro atoms. The third kappa shape index (κ3) is 10.6. The van der Waals surface area contributed by atoms with Gasteiger partial charge in [0.1, 0.15) is 28.2 Å².